The van der Waals surface area contributed by atoms with Gasteiger partial charge < -0.3 is 9.64 Å². The summed E-state index contributed by atoms with van der Waals surface area (Å²) in [5.41, 5.74) is 0. The second-order valence-electron chi connectivity index (χ2n) is 5.21. The molecular weight excluding hydrogens is 176 g/mol. The zero-order chi connectivity index (χ0) is 9.54. The molecule has 0 aromatic carbocycles. The average molecular weight is 196 g/mol. The topological polar surface area (TPSA) is 15.7 Å². The van der Waals surface area contributed by atoms with Crippen LogP contribution in [0.4, 0.5) is 0 Å². The number of fused-ring (bicyclic) bond motifs is 2. The standard InChI is InChI=1S/C11H20N2O/c1-12-5-10-2-3-11(6-12)13(10)4-9-7-14-8-9/h9-11H,2-8H2,1H3. The number of hydrogen-bond donors (Lipinski definition) is 0. The van der Waals surface area contributed by atoms with Gasteiger partial charge in [0, 0.05) is 37.6 Å². The number of piperazine rings is 1. The Hall–Kier alpha value is -0.120. The Morgan fingerprint density at radius 3 is 2.29 bits per heavy atom. The molecule has 3 heterocycles. The van der Waals surface area contributed by atoms with Crippen molar-refractivity contribution in [1.29, 1.82) is 0 Å². The molecule has 14 heavy (non-hydrogen) atoms. The Morgan fingerprint density at radius 2 is 1.79 bits per heavy atom. The van der Waals surface area contributed by atoms with E-state index in [1.165, 1.54) is 32.5 Å². The van der Waals surface area contributed by atoms with Gasteiger partial charge in [-0.3, -0.25) is 4.90 Å². The molecule has 0 N–H and O–H groups in total. The summed E-state index contributed by atoms with van der Waals surface area (Å²) in [6.45, 7) is 5.87. The summed E-state index contributed by atoms with van der Waals surface area (Å²) in [7, 11) is 2.26. The minimum absolute atomic E-state index is 0.835. The number of ether oxygens (including phenoxy) is 1. The fraction of sp³-hybridized carbons (Fsp3) is 1.00. The van der Waals surface area contributed by atoms with E-state index in [0.717, 1.165) is 31.2 Å². The van der Waals surface area contributed by atoms with Gasteiger partial charge in [0.05, 0.1) is 13.2 Å². The molecule has 3 saturated heterocycles. The summed E-state index contributed by atoms with van der Waals surface area (Å²) in [5, 5.41) is 0. The molecule has 0 aromatic rings. The van der Waals surface area contributed by atoms with Crippen LogP contribution in [0, 0.1) is 5.92 Å². The maximum Gasteiger partial charge on any atom is 0.0528 e. The summed E-state index contributed by atoms with van der Waals surface area (Å²) in [6.07, 6.45) is 2.84. The summed E-state index contributed by atoms with van der Waals surface area (Å²) >= 11 is 0. The smallest absolute Gasteiger partial charge is 0.0528 e. The first kappa shape index (κ1) is 9.13. The molecule has 3 fully saturated rings. The third-order valence-corrected chi connectivity index (χ3v) is 3.99. The predicted molar refractivity (Wildman–Crippen MR) is 55.3 cm³/mol. The fourth-order valence-electron chi connectivity index (χ4n) is 3.19. The van der Waals surface area contributed by atoms with Gasteiger partial charge in [0.15, 0.2) is 0 Å². The Balaban J connectivity index is 1.62. The van der Waals surface area contributed by atoms with Crippen LogP contribution < -0.4 is 0 Å². The molecule has 0 spiro atoms. The molecule has 3 aliphatic rings. The van der Waals surface area contributed by atoms with Crippen molar-refractivity contribution in [3.05, 3.63) is 0 Å². The van der Waals surface area contributed by atoms with Crippen molar-refractivity contribution >= 4 is 0 Å². The van der Waals surface area contributed by atoms with Gasteiger partial charge in [0.25, 0.3) is 0 Å². The van der Waals surface area contributed by atoms with Crippen molar-refractivity contribution in [3.8, 4) is 0 Å². The lowest BCUT2D eigenvalue weighted by molar-refractivity contribution is -0.0605. The van der Waals surface area contributed by atoms with E-state index in [1.54, 1.807) is 0 Å². The summed E-state index contributed by atoms with van der Waals surface area (Å²) in [5.74, 6) is 0.835. The highest BCUT2D eigenvalue weighted by Crippen LogP contribution is 2.31. The normalized spacial score (nSPS) is 40.1. The van der Waals surface area contributed by atoms with Gasteiger partial charge in [-0.25, -0.2) is 0 Å². The third-order valence-electron chi connectivity index (χ3n) is 3.99. The van der Waals surface area contributed by atoms with Crippen molar-refractivity contribution in [3.63, 3.8) is 0 Å². The Labute approximate surface area is 86.0 Å². The van der Waals surface area contributed by atoms with Crippen LogP contribution in [0.15, 0.2) is 0 Å². The van der Waals surface area contributed by atoms with Crippen LogP contribution in [-0.2, 0) is 4.74 Å². The quantitative estimate of drug-likeness (QED) is 0.636. The fourth-order valence-corrected chi connectivity index (χ4v) is 3.19. The van der Waals surface area contributed by atoms with Gasteiger partial charge in [-0.15, -0.1) is 0 Å². The van der Waals surface area contributed by atoms with Gasteiger partial charge in [0.1, 0.15) is 0 Å². The lowest BCUT2D eigenvalue weighted by Crippen LogP contribution is -2.55. The zero-order valence-electron chi connectivity index (χ0n) is 8.98. The largest absolute Gasteiger partial charge is 0.381 e. The van der Waals surface area contributed by atoms with Crippen LogP contribution in [0.1, 0.15) is 12.8 Å². The maximum absolute atomic E-state index is 5.25. The van der Waals surface area contributed by atoms with Gasteiger partial charge in [-0.1, -0.05) is 0 Å². The maximum atomic E-state index is 5.25. The van der Waals surface area contributed by atoms with Crippen molar-refractivity contribution in [1.82, 2.24) is 9.80 Å². The van der Waals surface area contributed by atoms with Crippen molar-refractivity contribution < 1.29 is 4.74 Å². The zero-order valence-corrected chi connectivity index (χ0v) is 8.98. The second kappa shape index (κ2) is 3.47. The van der Waals surface area contributed by atoms with Crippen LogP contribution in [0.25, 0.3) is 0 Å². The Morgan fingerprint density at radius 1 is 1.14 bits per heavy atom. The molecule has 80 valence electrons. The average Bonchev–Trinajstić information content (AvgIpc) is 2.29. The summed E-state index contributed by atoms with van der Waals surface area (Å²) in [6, 6.07) is 1.69. The van der Waals surface area contributed by atoms with Gasteiger partial charge in [-0.05, 0) is 19.9 Å². The Kier molecular flexibility index (Phi) is 2.26. The van der Waals surface area contributed by atoms with Crippen LogP contribution in [0.3, 0.4) is 0 Å². The highest BCUT2D eigenvalue weighted by Gasteiger charge is 2.40. The van der Waals surface area contributed by atoms with Gasteiger partial charge >= 0.3 is 0 Å². The minimum Gasteiger partial charge on any atom is -0.381 e. The molecule has 0 aliphatic carbocycles. The molecule has 2 unspecified atom stereocenters. The first-order valence-corrected chi connectivity index (χ1v) is 5.85. The van der Waals surface area contributed by atoms with E-state index in [0.29, 0.717) is 0 Å². The monoisotopic (exact) mass is 196 g/mol. The van der Waals surface area contributed by atoms with E-state index in [4.69, 9.17) is 4.74 Å². The molecule has 3 aliphatic heterocycles. The third kappa shape index (κ3) is 1.47. The van der Waals surface area contributed by atoms with Crippen molar-refractivity contribution in [2.45, 2.75) is 24.9 Å². The lowest BCUT2D eigenvalue weighted by Gasteiger charge is -2.42. The van der Waals surface area contributed by atoms with Crippen molar-refractivity contribution in [2.24, 2.45) is 5.92 Å². The molecule has 3 rings (SSSR count). The van der Waals surface area contributed by atoms with Crippen LogP contribution >= 0.6 is 0 Å². The first-order chi connectivity index (χ1) is 6.83. The van der Waals surface area contributed by atoms with E-state index in [-0.39, 0.29) is 0 Å². The molecule has 3 heteroatoms. The predicted octanol–water partition coefficient (Wildman–Crippen LogP) is 0.411. The number of likely N-dealkylation sites (N-methyl/N-ethyl adjacent to an activating group) is 1. The van der Waals surface area contributed by atoms with Gasteiger partial charge in [0.2, 0.25) is 0 Å². The number of rotatable bonds is 2. The van der Waals surface area contributed by atoms with Crippen LogP contribution in [-0.4, -0.2) is 61.8 Å². The van der Waals surface area contributed by atoms with Crippen LogP contribution in [0.5, 0.6) is 0 Å². The van der Waals surface area contributed by atoms with Gasteiger partial charge in [-0.2, -0.15) is 0 Å². The second-order valence-corrected chi connectivity index (χ2v) is 5.21. The first-order valence-electron chi connectivity index (χ1n) is 5.85. The summed E-state index contributed by atoms with van der Waals surface area (Å²) < 4.78 is 5.25. The van der Waals surface area contributed by atoms with E-state index in [2.05, 4.69) is 16.8 Å². The van der Waals surface area contributed by atoms with Crippen LogP contribution in [0.2, 0.25) is 0 Å². The molecule has 3 nitrogen and oxygen atoms in total. The van der Waals surface area contributed by atoms with E-state index < -0.39 is 0 Å². The van der Waals surface area contributed by atoms with Crippen molar-refractivity contribution in [2.75, 3.05) is 39.9 Å². The van der Waals surface area contributed by atoms with E-state index >= 15 is 0 Å². The highest BCUT2D eigenvalue weighted by molar-refractivity contribution is 4.96. The number of likely N-dealkylation sites (tertiary alicyclic amines) is 1. The highest BCUT2D eigenvalue weighted by atomic mass is 16.5. The molecule has 2 atom stereocenters. The summed E-state index contributed by atoms with van der Waals surface area (Å²) in [4.78, 5) is 5.25. The number of nitrogens with zero attached hydrogens (tertiary/aromatic N) is 2. The van der Waals surface area contributed by atoms with E-state index in [1.807, 2.05) is 0 Å². The molecule has 2 bridgehead atoms. The molecular formula is C11H20N2O. The molecule has 0 amide bonds. The molecule has 0 saturated carbocycles. The van der Waals surface area contributed by atoms with E-state index in [9.17, 15) is 0 Å². The molecule has 0 radical (unpaired) electrons. The Bertz CT molecular complexity index is 203. The SMILES string of the molecule is CN1CC2CCC(C1)N2CC1COC1. The number of hydrogen-bond acceptors (Lipinski definition) is 3. The minimum atomic E-state index is 0.835. The lowest BCUT2D eigenvalue weighted by atomic mass is 10.1. The molecule has 0 aromatic heterocycles.